The number of nitrogens with one attached hydrogen (secondary N) is 1. The lowest BCUT2D eigenvalue weighted by Gasteiger charge is -2.24. The number of aromatic nitrogens is 1. The van der Waals surface area contributed by atoms with Crippen molar-refractivity contribution in [3.05, 3.63) is 4.88 Å². The van der Waals surface area contributed by atoms with E-state index in [1.165, 1.54) is 11.3 Å². The van der Waals surface area contributed by atoms with Crippen LogP contribution in [-0.4, -0.2) is 43.7 Å². The molecule has 0 radical (unpaired) electrons. The molecule has 0 bridgehead atoms. The number of nitrogens with two attached hydrogens (primary N) is 1. The summed E-state index contributed by atoms with van der Waals surface area (Å²) in [5.41, 5.74) is 5.40. The van der Waals surface area contributed by atoms with Gasteiger partial charge in [-0.3, -0.25) is 4.79 Å². The fraction of sp³-hybridized carbons (Fsp3) is 0.692. The van der Waals surface area contributed by atoms with Gasteiger partial charge in [-0.2, -0.15) is 0 Å². The zero-order chi connectivity index (χ0) is 15.3. The summed E-state index contributed by atoms with van der Waals surface area (Å²) in [6.45, 7) is 7.20. The van der Waals surface area contributed by atoms with Gasteiger partial charge in [-0.15, -0.1) is 0 Å². The fourth-order valence-corrected chi connectivity index (χ4v) is 2.71. The molecule has 114 valence electrons. The van der Waals surface area contributed by atoms with Crippen molar-refractivity contribution in [2.24, 2.45) is 0 Å². The third-order valence-corrected chi connectivity index (χ3v) is 3.88. The van der Waals surface area contributed by atoms with Gasteiger partial charge >= 0.3 is 0 Å². The van der Waals surface area contributed by atoms with Gasteiger partial charge in [0, 0.05) is 20.7 Å². The molecule has 0 saturated carbocycles. The molecule has 0 aliphatic heterocycles. The number of carbonyl (C=O) groups excluding carboxylic acids is 1. The summed E-state index contributed by atoms with van der Waals surface area (Å²) in [7, 11) is 3.55. The van der Waals surface area contributed by atoms with Crippen molar-refractivity contribution in [2.45, 2.75) is 32.7 Å². The second kappa shape index (κ2) is 6.90. The first-order chi connectivity index (χ1) is 9.30. The Morgan fingerprint density at radius 3 is 2.75 bits per heavy atom. The molecular formula is C13H24N4O2S. The van der Waals surface area contributed by atoms with Crippen LogP contribution in [0.5, 0.6) is 0 Å². The third kappa shape index (κ3) is 4.35. The maximum Gasteiger partial charge on any atom is 0.265 e. The van der Waals surface area contributed by atoms with E-state index in [2.05, 4.69) is 17.2 Å². The van der Waals surface area contributed by atoms with Crippen LogP contribution in [0.1, 0.15) is 36.9 Å². The van der Waals surface area contributed by atoms with Gasteiger partial charge in [0.25, 0.3) is 5.91 Å². The highest BCUT2D eigenvalue weighted by Crippen LogP contribution is 2.27. The number of methoxy groups -OCH3 is 1. The summed E-state index contributed by atoms with van der Waals surface area (Å²) in [6.07, 6.45) is 1.01. The van der Waals surface area contributed by atoms with E-state index in [0.717, 1.165) is 18.1 Å². The molecule has 0 unspecified atom stereocenters. The Bertz CT molecular complexity index is 459. The molecule has 1 aromatic rings. The number of thiazole rings is 1. The molecule has 6 nitrogen and oxygen atoms in total. The third-order valence-electron chi connectivity index (χ3n) is 2.69. The number of ether oxygens (including phenoxy) is 1. The fourth-order valence-electron chi connectivity index (χ4n) is 1.84. The largest absolute Gasteiger partial charge is 0.382 e. The van der Waals surface area contributed by atoms with Crippen LogP contribution in [0, 0.1) is 0 Å². The molecule has 20 heavy (non-hydrogen) atoms. The SMILES string of the molecule is CCCN(C)c1nc(N)c(C(=O)NC(C)(C)COC)s1. The smallest absolute Gasteiger partial charge is 0.265 e. The Hall–Kier alpha value is -1.34. The van der Waals surface area contributed by atoms with Crippen molar-refractivity contribution >= 4 is 28.2 Å². The van der Waals surface area contributed by atoms with Gasteiger partial charge in [0.05, 0.1) is 12.1 Å². The van der Waals surface area contributed by atoms with Gasteiger partial charge in [-0.1, -0.05) is 18.3 Å². The summed E-state index contributed by atoms with van der Waals surface area (Å²) in [6, 6.07) is 0. The van der Waals surface area contributed by atoms with Crippen LogP contribution < -0.4 is 16.0 Å². The first-order valence-electron chi connectivity index (χ1n) is 6.59. The van der Waals surface area contributed by atoms with Gasteiger partial charge in [-0.05, 0) is 20.3 Å². The molecule has 1 rings (SSSR count). The van der Waals surface area contributed by atoms with E-state index in [-0.39, 0.29) is 11.7 Å². The number of nitrogens with zero attached hydrogens (tertiary/aromatic N) is 2. The van der Waals surface area contributed by atoms with Crippen LogP contribution >= 0.6 is 11.3 Å². The highest BCUT2D eigenvalue weighted by atomic mass is 32.1. The molecule has 0 fully saturated rings. The van der Waals surface area contributed by atoms with Crippen LogP contribution in [0.3, 0.4) is 0 Å². The molecule has 1 heterocycles. The van der Waals surface area contributed by atoms with Crippen LogP contribution in [0.2, 0.25) is 0 Å². The number of rotatable bonds is 7. The summed E-state index contributed by atoms with van der Waals surface area (Å²) in [5.74, 6) is 0.0665. The van der Waals surface area contributed by atoms with Crippen LogP contribution in [-0.2, 0) is 4.74 Å². The van der Waals surface area contributed by atoms with E-state index in [1.54, 1.807) is 7.11 Å². The molecule has 0 spiro atoms. The van der Waals surface area contributed by atoms with Gasteiger partial charge in [0.15, 0.2) is 5.13 Å². The van der Waals surface area contributed by atoms with Gasteiger partial charge in [0.2, 0.25) is 0 Å². The van der Waals surface area contributed by atoms with Gasteiger partial charge in [-0.25, -0.2) is 4.98 Å². The lowest BCUT2D eigenvalue weighted by Crippen LogP contribution is -2.46. The first-order valence-corrected chi connectivity index (χ1v) is 7.41. The molecule has 3 N–H and O–H groups in total. The number of amides is 1. The Kier molecular flexibility index (Phi) is 5.76. The second-order valence-electron chi connectivity index (χ2n) is 5.40. The van der Waals surface area contributed by atoms with Crippen molar-refractivity contribution in [3.8, 4) is 0 Å². The van der Waals surface area contributed by atoms with Crippen molar-refractivity contribution in [1.29, 1.82) is 0 Å². The molecule has 0 aliphatic carbocycles. The van der Waals surface area contributed by atoms with Crippen LogP contribution in [0.15, 0.2) is 0 Å². The summed E-state index contributed by atoms with van der Waals surface area (Å²) < 4.78 is 5.08. The minimum atomic E-state index is -0.447. The maximum atomic E-state index is 12.3. The highest BCUT2D eigenvalue weighted by Gasteiger charge is 2.25. The number of anilines is 2. The van der Waals surface area contributed by atoms with Gasteiger partial charge in [0.1, 0.15) is 10.7 Å². The minimum absolute atomic E-state index is 0.210. The zero-order valence-electron chi connectivity index (χ0n) is 12.8. The highest BCUT2D eigenvalue weighted by molar-refractivity contribution is 7.18. The van der Waals surface area contributed by atoms with E-state index >= 15 is 0 Å². The van der Waals surface area contributed by atoms with Crippen molar-refractivity contribution in [3.63, 3.8) is 0 Å². The molecule has 1 amide bonds. The maximum absolute atomic E-state index is 12.3. The van der Waals surface area contributed by atoms with Crippen LogP contribution in [0.25, 0.3) is 0 Å². The molecule has 0 aromatic carbocycles. The van der Waals surface area contributed by atoms with E-state index in [4.69, 9.17) is 10.5 Å². The number of nitrogen functional groups attached to an aromatic ring is 1. The Morgan fingerprint density at radius 1 is 1.55 bits per heavy atom. The summed E-state index contributed by atoms with van der Waals surface area (Å²) >= 11 is 1.31. The monoisotopic (exact) mass is 300 g/mol. The zero-order valence-corrected chi connectivity index (χ0v) is 13.6. The van der Waals surface area contributed by atoms with E-state index < -0.39 is 5.54 Å². The molecule has 0 atom stereocenters. The average molecular weight is 300 g/mol. The van der Waals surface area contributed by atoms with Crippen molar-refractivity contribution in [1.82, 2.24) is 10.3 Å². The van der Waals surface area contributed by atoms with Crippen LogP contribution in [0.4, 0.5) is 10.9 Å². The topological polar surface area (TPSA) is 80.5 Å². The standard InChI is InChI=1S/C13H24N4O2S/c1-6-7-17(4)12-15-10(14)9(20-12)11(18)16-13(2,3)8-19-5/h6-8,14H2,1-5H3,(H,16,18). The normalized spacial score (nSPS) is 11.4. The lowest BCUT2D eigenvalue weighted by molar-refractivity contribution is 0.0824. The molecule has 7 heteroatoms. The predicted molar refractivity (Wildman–Crippen MR) is 83.5 cm³/mol. The molecular weight excluding hydrogens is 276 g/mol. The van der Waals surface area contributed by atoms with E-state index in [9.17, 15) is 4.79 Å². The van der Waals surface area contributed by atoms with Crippen molar-refractivity contribution in [2.75, 3.05) is 37.9 Å². The molecule has 0 saturated heterocycles. The molecule has 1 aromatic heterocycles. The quantitative estimate of drug-likeness (QED) is 0.801. The van der Waals surface area contributed by atoms with Crippen molar-refractivity contribution < 1.29 is 9.53 Å². The Morgan fingerprint density at radius 2 is 2.20 bits per heavy atom. The number of hydrogen-bond acceptors (Lipinski definition) is 6. The summed E-state index contributed by atoms with van der Waals surface area (Å²) in [5, 5.41) is 3.67. The number of carbonyl (C=O) groups is 1. The van der Waals surface area contributed by atoms with E-state index in [0.29, 0.717) is 11.5 Å². The minimum Gasteiger partial charge on any atom is -0.382 e. The Labute approximate surface area is 124 Å². The Balaban J connectivity index is 2.84. The first kappa shape index (κ1) is 16.7. The summed E-state index contributed by atoms with van der Waals surface area (Å²) in [4.78, 5) is 19.0. The lowest BCUT2D eigenvalue weighted by atomic mass is 10.1. The van der Waals surface area contributed by atoms with Gasteiger partial charge < -0.3 is 20.7 Å². The average Bonchev–Trinajstić information content (AvgIpc) is 2.71. The second-order valence-corrected chi connectivity index (χ2v) is 6.38. The molecule has 0 aliphatic rings. The van der Waals surface area contributed by atoms with E-state index in [1.807, 2.05) is 25.8 Å². The predicted octanol–water partition coefficient (Wildman–Crippen LogP) is 1.73. The number of hydrogen-bond donors (Lipinski definition) is 2.